The van der Waals surface area contributed by atoms with Gasteiger partial charge in [-0.15, -0.1) is 0 Å². The number of hydrogen-bond donors (Lipinski definition) is 1. The summed E-state index contributed by atoms with van der Waals surface area (Å²) >= 11 is 10.7. The number of halogens is 2. The van der Waals surface area contributed by atoms with Crippen LogP contribution in [0.1, 0.15) is 18.4 Å². The lowest BCUT2D eigenvalue weighted by Crippen LogP contribution is -2.37. The fourth-order valence-corrected chi connectivity index (χ4v) is 2.66. The van der Waals surface area contributed by atoms with Crippen molar-refractivity contribution in [1.82, 2.24) is 4.90 Å². The van der Waals surface area contributed by atoms with E-state index in [2.05, 4.69) is 4.90 Å². The highest BCUT2D eigenvalue weighted by Crippen LogP contribution is 2.21. The van der Waals surface area contributed by atoms with Gasteiger partial charge in [0, 0.05) is 23.0 Å². The summed E-state index contributed by atoms with van der Waals surface area (Å²) in [5, 5.41) is 0.434. The van der Waals surface area contributed by atoms with Crippen LogP contribution in [-0.2, 0) is 6.54 Å². The molecule has 18 heavy (non-hydrogen) atoms. The molecule has 0 atom stereocenters. The van der Waals surface area contributed by atoms with Crippen molar-refractivity contribution in [2.24, 2.45) is 11.7 Å². The van der Waals surface area contributed by atoms with Gasteiger partial charge in [0.25, 0.3) is 0 Å². The molecule has 1 heterocycles. The molecule has 5 heteroatoms. The summed E-state index contributed by atoms with van der Waals surface area (Å²) < 4.78 is 13.7. The van der Waals surface area contributed by atoms with Crippen LogP contribution in [0.3, 0.4) is 0 Å². The third-order valence-electron chi connectivity index (χ3n) is 3.40. The van der Waals surface area contributed by atoms with Gasteiger partial charge in [-0.3, -0.25) is 4.90 Å². The highest BCUT2D eigenvalue weighted by Gasteiger charge is 2.21. The van der Waals surface area contributed by atoms with E-state index in [9.17, 15) is 4.39 Å². The molecule has 0 unspecified atom stereocenters. The highest BCUT2D eigenvalue weighted by molar-refractivity contribution is 7.80. The molecule has 0 radical (unpaired) electrons. The molecular formula is C13H16ClFN2S. The Balaban J connectivity index is 1.93. The minimum atomic E-state index is -0.237. The molecule has 1 fully saturated rings. The van der Waals surface area contributed by atoms with Gasteiger partial charge in [0.15, 0.2) is 0 Å². The topological polar surface area (TPSA) is 29.3 Å². The maximum atomic E-state index is 13.7. The minimum Gasteiger partial charge on any atom is -0.393 e. The number of nitrogens with zero attached hydrogens (tertiary/aromatic N) is 1. The Morgan fingerprint density at radius 3 is 2.67 bits per heavy atom. The lowest BCUT2D eigenvalue weighted by Gasteiger charge is -2.31. The molecule has 0 amide bonds. The van der Waals surface area contributed by atoms with E-state index in [4.69, 9.17) is 29.6 Å². The van der Waals surface area contributed by atoms with Crippen LogP contribution in [0.15, 0.2) is 18.2 Å². The van der Waals surface area contributed by atoms with Gasteiger partial charge in [-0.25, -0.2) is 4.39 Å². The van der Waals surface area contributed by atoms with Gasteiger partial charge in [-0.05, 0) is 38.1 Å². The van der Waals surface area contributed by atoms with Gasteiger partial charge in [0.05, 0.1) is 4.99 Å². The van der Waals surface area contributed by atoms with Crippen LogP contribution in [0.25, 0.3) is 0 Å². The Hall–Kier alpha value is -0.710. The van der Waals surface area contributed by atoms with E-state index in [1.54, 1.807) is 12.1 Å². The first-order chi connectivity index (χ1) is 8.56. The molecule has 1 aromatic rings. The van der Waals surface area contributed by atoms with Gasteiger partial charge in [-0.2, -0.15) is 0 Å². The molecule has 2 nitrogen and oxygen atoms in total. The van der Waals surface area contributed by atoms with E-state index >= 15 is 0 Å². The summed E-state index contributed by atoms with van der Waals surface area (Å²) in [4.78, 5) is 2.83. The number of benzene rings is 1. The molecule has 1 aliphatic rings. The van der Waals surface area contributed by atoms with Crippen LogP contribution in [0.5, 0.6) is 0 Å². The lowest BCUT2D eigenvalue weighted by atomic mass is 9.96. The van der Waals surface area contributed by atoms with Crippen LogP contribution in [0.4, 0.5) is 4.39 Å². The second-order valence-corrected chi connectivity index (χ2v) is 5.60. The number of nitrogens with two attached hydrogens (primary N) is 1. The molecule has 98 valence electrons. The minimum absolute atomic E-state index is 0.237. The fourth-order valence-electron chi connectivity index (χ4n) is 2.27. The van der Waals surface area contributed by atoms with Gasteiger partial charge >= 0.3 is 0 Å². The Bertz CT molecular complexity index is 445. The normalized spacial score (nSPS) is 17.9. The summed E-state index contributed by atoms with van der Waals surface area (Å²) in [7, 11) is 0. The summed E-state index contributed by atoms with van der Waals surface area (Å²) in [6.07, 6.45) is 1.93. The fraction of sp³-hybridized carbons (Fsp3) is 0.462. The molecule has 1 saturated heterocycles. The van der Waals surface area contributed by atoms with Gasteiger partial charge in [0.2, 0.25) is 0 Å². The first-order valence-corrected chi connectivity index (χ1v) is 6.80. The number of likely N-dealkylation sites (tertiary alicyclic amines) is 1. The van der Waals surface area contributed by atoms with E-state index in [-0.39, 0.29) is 5.82 Å². The van der Waals surface area contributed by atoms with Gasteiger partial charge < -0.3 is 5.73 Å². The number of thiocarbonyl (C=S) groups is 1. The SMILES string of the molecule is NC(=S)C1CCN(Cc2ccc(Cl)cc2F)CC1. The molecule has 0 aromatic heterocycles. The zero-order valence-electron chi connectivity index (χ0n) is 10.0. The molecule has 1 aromatic carbocycles. The molecule has 1 aliphatic heterocycles. The van der Waals surface area contributed by atoms with Crippen molar-refractivity contribution in [2.45, 2.75) is 19.4 Å². The third kappa shape index (κ3) is 3.40. The molecule has 0 aliphatic carbocycles. The van der Waals surface area contributed by atoms with Crippen LogP contribution >= 0.6 is 23.8 Å². The second-order valence-electron chi connectivity index (χ2n) is 4.69. The summed E-state index contributed by atoms with van der Waals surface area (Å²) in [5.74, 6) is 0.102. The number of piperidine rings is 1. The molecule has 0 spiro atoms. The Labute approximate surface area is 117 Å². The maximum absolute atomic E-state index is 13.7. The molecule has 2 N–H and O–H groups in total. The van der Waals surface area contributed by atoms with Crippen molar-refractivity contribution < 1.29 is 4.39 Å². The van der Waals surface area contributed by atoms with E-state index in [0.717, 1.165) is 25.9 Å². The van der Waals surface area contributed by atoms with E-state index < -0.39 is 0 Å². The van der Waals surface area contributed by atoms with Crippen LogP contribution in [-0.4, -0.2) is 23.0 Å². The second kappa shape index (κ2) is 5.95. The number of hydrogen-bond acceptors (Lipinski definition) is 2. The molecule has 0 saturated carbocycles. The van der Waals surface area contributed by atoms with Crippen molar-refractivity contribution in [3.05, 3.63) is 34.6 Å². The van der Waals surface area contributed by atoms with Crippen molar-refractivity contribution in [1.29, 1.82) is 0 Å². The Kier molecular flexibility index (Phi) is 4.54. The smallest absolute Gasteiger partial charge is 0.129 e. The van der Waals surface area contributed by atoms with Crippen LogP contribution in [0, 0.1) is 11.7 Å². The Morgan fingerprint density at radius 2 is 2.11 bits per heavy atom. The zero-order chi connectivity index (χ0) is 13.1. The Morgan fingerprint density at radius 1 is 1.44 bits per heavy atom. The maximum Gasteiger partial charge on any atom is 0.129 e. The molecular weight excluding hydrogens is 271 g/mol. The summed E-state index contributed by atoms with van der Waals surface area (Å²) in [6.45, 7) is 2.43. The van der Waals surface area contributed by atoms with Crippen molar-refractivity contribution in [3.63, 3.8) is 0 Å². The lowest BCUT2D eigenvalue weighted by molar-refractivity contribution is 0.200. The average Bonchev–Trinajstić information content (AvgIpc) is 2.33. The quantitative estimate of drug-likeness (QED) is 0.866. The highest BCUT2D eigenvalue weighted by atomic mass is 35.5. The van der Waals surface area contributed by atoms with Crippen LogP contribution < -0.4 is 5.73 Å². The van der Waals surface area contributed by atoms with Crippen molar-refractivity contribution >= 4 is 28.8 Å². The predicted octanol–water partition coefficient (Wildman–Crippen LogP) is 2.98. The van der Waals surface area contributed by atoms with Crippen LogP contribution in [0.2, 0.25) is 5.02 Å². The predicted molar refractivity (Wildman–Crippen MR) is 76.2 cm³/mol. The van der Waals surface area contributed by atoms with E-state index in [1.165, 1.54) is 6.07 Å². The first-order valence-electron chi connectivity index (χ1n) is 6.02. The summed E-state index contributed by atoms with van der Waals surface area (Å²) in [5.41, 5.74) is 6.33. The number of rotatable bonds is 3. The van der Waals surface area contributed by atoms with Crippen molar-refractivity contribution in [3.8, 4) is 0 Å². The van der Waals surface area contributed by atoms with Gasteiger partial charge in [-0.1, -0.05) is 29.9 Å². The largest absolute Gasteiger partial charge is 0.393 e. The molecule has 2 rings (SSSR count). The zero-order valence-corrected chi connectivity index (χ0v) is 11.6. The van der Waals surface area contributed by atoms with E-state index in [0.29, 0.717) is 28.0 Å². The van der Waals surface area contributed by atoms with Crippen molar-refractivity contribution in [2.75, 3.05) is 13.1 Å². The third-order valence-corrected chi connectivity index (χ3v) is 3.97. The van der Waals surface area contributed by atoms with Gasteiger partial charge in [0.1, 0.15) is 5.82 Å². The van der Waals surface area contributed by atoms with E-state index in [1.807, 2.05) is 0 Å². The molecule has 0 bridgehead atoms. The monoisotopic (exact) mass is 286 g/mol. The summed E-state index contributed by atoms with van der Waals surface area (Å²) in [6, 6.07) is 4.83. The average molecular weight is 287 g/mol. The first kappa shape index (κ1) is 13.7. The standard InChI is InChI=1S/C13H16ClFN2S/c14-11-2-1-10(12(15)7-11)8-17-5-3-9(4-6-17)13(16)18/h1-2,7,9H,3-6,8H2,(H2,16,18).